The van der Waals surface area contributed by atoms with Gasteiger partial charge in [0.1, 0.15) is 0 Å². The molecule has 1 heterocycles. The molecular weight excluding hydrogens is 236 g/mol. The Kier molecular flexibility index (Phi) is 6.89. The van der Waals surface area contributed by atoms with Gasteiger partial charge in [-0.2, -0.15) is 0 Å². The van der Waals surface area contributed by atoms with E-state index >= 15 is 0 Å². The van der Waals surface area contributed by atoms with Crippen LogP contribution in [0.2, 0.25) is 0 Å². The lowest BCUT2D eigenvalue weighted by molar-refractivity contribution is 0.450. The zero-order chi connectivity index (χ0) is 13.2. The van der Waals surface area contributed by atoms with Crippen LogP contribution in [0, 0.1) is 0 Å². The van der Waals surface area contributed by atoms with Crippen LogP contribution in [0.4, 0.5) is 0 Å². The van der Waals surface area contributed by atoms with Crippen molar-refractivity contribution in [3.8, 4) is 0 Å². The molecule has 0 saturated carbocycles. The summed E-state index contributed by atoms with van der Waals surface area (Å²) in [6, 6.07) is 11.2. The first-order valence-electron chi connectivity index (χ1n) is 7.34. The van der Waals surface area contributed by atoms with Crippen LogP contribution in [0.1, 0.15) is 5.56 Å². The Morgan fingerprint density at radius 2 is 1.42 bits per heavy atom. The molecule has 0 radical (unpaired) electrons. The summed E-state index contributed by atoms with van der Waals surface area (Å²) in [5, 5.41) is 14.0. The quantitative estimate of drug-likeness (QED) is 0.605. The van der Waals surface area contributed by atoms with E-state index in [4.69, 9.17) is 0 Å². The van der Waals surface area contributed by atoms with Crippen molar-refractivity contribution in [3.05, 3.63) is 35.9 Å². The van der Waals surface area contributed by atoms with Crippen LogP contribution in [0.25, 0.3) is 0 Å². The maximum absolute atomic E-state index is 3.64. The minimum Gasteiger partial charge on any atom is -0.314 e. The zero-order valence-corrected chi connectivity index (χ0v) is 11.6. The lowest BCUT2D eigenvalue weighted by Gasteiger charge is -2.21. The van der Waals surface area contributed by atoms with Crippen LogP contribution in [0.5, 0.6) is 0 Å². The molecule has 1 fully saturated rings. The second-order valence-corrected chi connectivity index (χ2v) is 5.04. The summed E-state index contributed by atoms with van der Waals surface area (Å²) in [6.45, 7) is 7.26. The van der Waals surface area contributed by atoms with Crippen molar-refractivity contribution < 1.29 is 0 Å². The van der Waals surface area contributed by atoms with E-state index in [9.17, 15) is 0 Å². The molecule has 106 valence electrons. The molecule has 1 aromatic carbocycles. The van der Waals surface area contributed by atoms with Gasteiger partial charge >= 0.3 is 0 Å². The Hall–Kier alpha value is -0.940. The fraction of sp³-hybridized carbons (Fsp3) is 0.600. The SMILES string of the molecule is c1ccc(C[C@H]2CNCCNCCNCCN2)cc1. The topological polar surface area (TPSA) is 48.1 Å². The Balaban J connectivity index is 1.81. The molecule has 0 aliphatic carbocycles. The molecule has 4 N–H and O–H groups in total. The van der Waals surface area contributed by atoms with E-state index in [1.807, 2.05) is 0 Å². The zero-order valence-electron chi connectivity index (χ0n) is 11.6. The molecule has 1 aliphatic rings. The Morgan fingerprint density at radius 1 is 0.789 bits per heavy atom. The van der Waals surface area contributed by atoms with E-state index in [1.165, 1.54) is 5.56 Å². The molecule has 0 spiro atoms. The molecule has 4 nitrogen and oxygen atoms in total. The minimum absolute atomic E-state index is 0.503. The second kappa shape index (κ2) is 9.04. The first-order chi connectivity index (χ1) is 9.45. The van der Waals surface area contributed by atoms with Gasteiger partial charge in [0.15, 0.2) is 0 Å². The van der Waals surface area contributed by atoms with Crippen LogP contribution >= 0.6 is 0 Å². The molecule has 1 aromatic rings. The van der Waals surface area contributed by atoms with Crippen LogP contribution in [-0.4, -0.2) is 51.9 Å². The van der Waals surface area contributed by atoms with Gasteiger partial charge in [-0.25, -0.2) is 0 Å². The summed E-state index contributed by atoms with van der Waals surface area (Å²) >= 11 is 0. The molecule has 1 saturated heterocycles. The van der Waals surface area contributed by atoms with Gasteiger partial charge in [-0.05, 0) is 12.0 Å². The molecule has 2 rings (SSSR count). The normalized spacial score (nSPS) is 23.3. The molecule has 19 heavy (non-hydrogen) atoms. The fourth-order valence-corrected chi connectivity index (χ4v) is 2.36. The Morgan fingerprint density at radius 3 is 2.16 bits per heavy atom. The maximum Gasteiger partial charge on any atom is 0.0233 e. The van der Waals surface area contributed by atoms with E-state index in [2.05, 4.69) is 51.6 Å². The lowest BCUT2D eigenvalue weighted by Crippen LogP contribution is -2.46. The maximum atomic E-state index is 3.64. The average Bonchev–Trinajstić information content (AvgIpc) is 2.43. The third kappa shape index (κ3) is 6.16. The molecule has 1 aliphatic heterocycles. The predicted molar refractivity (Wildman–Crippen MR) is 80.5 cm³/mol. The van der Waals surface area contributed by atoms with Gasteiger partial charge in [0, 0.05) is 51.9 Å². The largest absolute Gasteiger partial charge is 0.314 e. The van der Waals surface area contributed by atoms with E-state index < -0.39 is 0 Å². The predicted octanol–water partition coefficient (Wildman–Crippen LogP) is -0.0303. The monoisotopic (exact) mass is 262 g/mol. The van der Waals surface area contributed by atoms with E-state index in [-0.39, 0.29) is 0 Å². The van der Waals surface area contributed by atoms with Crippen molar-refractivity contribution >= 4 is 0 Å². The second-order valence-electron chi connectivity index (χ2n) is 5.04. The van der Waals surface area contributed by atoms with Gasteiger partial charge in [0.05, 0.1) is 0 Å². The molecule has 4 heteroatoms. The van der Waals surface area contributed by atoms with E-state index in [0.717, 1.165) is 52.2 Å². The summed E-state index contributed by atoms with van der Waals surface area (Å²) in [5.41, 5.74) is 1.40. The highest BCUT2D eigenvalue weighted by atomic mass is 15.0. The molecule has 0 bridgehead atoms. The molecule has 0 aromatic heterocycles. The van der Waals surface area contributed by atoms with Crippen LogP contribution < -0.4 is 21.3 Å². The van der Waals surface area contributed by atoms with Crippen LogP contribution in [0.3, 0.4) is 0 Å². The van der Waals surface area contributed by atoms with Gasteiger partial charge in [-0.1, -0.05) is 30.3 Å². The van der Waals surface area contributed by atoms with E-state index in [0.29, 0.717) is 6.04 Å². The van der Waals surface area contributed by atoms with Crippen molar-refractivity contribution in [2.45, 2.75) is 12.5 Å². The fourth-order valence-electron chi connectivity index (χ4n) is 2.36. The lowest BCUT2D eigenvalue weighted by atomic mass is 10.1. The smallest absolute Gasteiger partial charge is 0.0233 e. The highest BCUT2D eigenvalue weighted by Gasteiger charge is 2.08. The van der Waals surface area contributed by atoms with Crippen LogP contribution in [0.15, 0.2) is 30.3 Å². The number of benzene rings is 1. The van der Waals surface area contributed by atoms with Crippen molar-refractivity contribution in [2.24, 2.45) is 0 Å². The molecule has 0 unspecified atom stereocenters. The third-order valence-corrected chi connectivity index (χ3v) is 3.41. The molecule has 0 amide bonds. The molecule has 1 atom stereocenters. The minimum atomic E-state index is 0.503. The number of hydrogen-bond donors (Lipinski definition) is 4. The molecular formula is C15H26N4. The van der Waals surface area contributed by atoms with Crippen molar-refractivity contribution in [3.63, 3.8) is 0 Å². The van der Waals surface area contributed by atoms with Gasteiger partial charge < -0.3 is 21.3 Å². The third-order valence-electron chi connectivity index (χ3n) is 3.41. The average molecular weight is 262 g/mol. The highest BCUT2D eigenvalue weighted by Crippen LogP contribution is 2.02. The number of nitrogens with one attached hydrogen (secondary N) is 4. The Bertz CT molecular complexity index is 316. The highest BCUT2D eigenvalue weighted by molar-refractivity contribution is 5.16. The number of hydrogen-bond acceptors (Lipinski definition) is 4. The summed E-state index contributed by atoms with van der Waals surface area (Å²) < 4.78 is 0. The van der Waals surface area contributed by atoms with Crippen molar-refractivity contribution in [2.75, 3.05) is 45.8 Å². The first kappa shape index (κ1) is 14.5. The van der Waals surface area contributed by atoms with Crippen molar-refractivity contribution in [1.29, 1.82) is 0 Å². The van der Waals surface area contributed by atoms with Gasteiger partial charge in [-0.3, -0.25) is 0 Å². The Labute approximate surface area is 116 Å². The first-order valence-corrected chi connectivity index (χ1v) is 7.34. The van der Waals surface area contributed by atoms with Crippen molar-refractivity contribution in [1.82, 2.24) is 21.3 Å². The standard InChI is InChI=1S/C15H26N4/c1-2-4-14(5-3-1)12-15-13-18-9-8-16-6-7-17-10-11-19-15/h1-5,15-19H,6-13H2/t15-/m0/s1. The summed E-state index contributed by atoms with van der Waals surface area (Å²) in [4.78, 5) is 0. The van der Waals surface area contributed by atoms with Gasteiger partial charge in [0.25, 0.3) is 0 Å². The van der Waals surface area contributed by atoms with Gasteiger partial charge in [-0.15, -0.1) is 0 Å². The summed E-state index contributed by atoms with van der Waals surface area (Å²) in [7, 11) is 0. The summed E-state index contributed by atoms with van der Waals surface area (Å²) in [5.74, 6) is 0. The number of rotatable bonds is 2. The summed E-state index contributed by atoms with van der Waals surface area (Å²) in [6.07, 6.45) is 1.08. The van der Waals surface area contributed by atoms with E-state index in [1.54, 1.807) is 0 Å². The van der Waals surface area contributed by atoms with Crippen LogP contribution in [-0.2, 0) is 6.42 Å². The van der Waals surface area contributed by atoms with Gasteiger partial charge in [0.2, 0.25) is 0 Å².